The number of sulfonamides is 1. The fourth-order valence-electron chi connectivity index (χ4n) is 2.12. The number of hydrogen-bond acceptors (Lipinski definition) is 4. The molecule has 2 heterocycles. The van der Waals surface area contributed by atoms with E-state index in [1.165, 1.54) is 6.20 Å². The third-order valence-corrected chi connectivity index (χ3v) is 4.85. The first-order valence-corrected chi connectivity index (χ1v) is 7.81. The van der Waals surface area contributed by atoms with Crippen LogP contribution in [0.15, 0.2) is 11.1 Å². The zero-order valence-electron chi connectivity index (χ0n) is 12.3. The van der Waals surface area contributed by atoms with E-state index >= 15 is 0 Å². The second-order valence-corrected chi connectivity index (χ2v) is 6.34. The molecule has 0 aliphatic carbocycles. The lowest BCUT2D eigenvalue weighted by molar-refractivity contribution is 0.598. The third-order valence-electron chi connectivity index (χ3n) is 3.39. The second kappa shape index (κ2) is 4.93. The van der Waals surface area contributed by atoms with Crippen molar-refractivity contribution in [3.63, 3.8) is 0 Å². The molecule has 0 saturated carbocycles. The second-order valence-electron chi connectivity index (χ2n) is 4.68. The highest BCUT2D eigenvalue weighted by molar-refractivity contribution is 7.92. The van der Waals surface area contributed by atoms with Gasteiger partial charge in [-0.05, 0) is 27.7 Å². The van der Waals surface area contributed by atoms with Gasteiger partial charge in [0, 0.05) is 13.6 Å². The standard InChI is InChI=1S/C12H19N5O2S/c1-6-17-9(3)11(7-13-17)20(18,19)15-12-8(2)14-16(5)10(12)4/h7,15H,6H2,1-5H3. The van der Waals surface area contributed by atoms with Crippen LogP contribution in [0.4, 0.5) is 5.69 Å². The van der Waals surface area contributed by atoms with E-state index in [9.17, 15) is 8.42 Å². The summed E-state index contributed by atoms with van der Waals surface area (Å²) in [6, 6.07) is 0. The van der Waals surface area contributed by atoms with Crippen LogP contribution in [0.3, 0.4) is 0 Å². The van der Waals surface area contributed by atoms with Gasteiger partial charge in [0.1, 0.15) is 4.90 Å². The molecule has 20 heavy (non-hydrogen) atoms. The van der Waals surface area contributed by atoms with Crippen molar-refractivity contribution in [3.05, 3.63) is 23.3 Å². The Labute approximate surface area is 118 Å². The maximum absolute atomic E-state index is 12.5. The van der Waals surface area contributed by atoms with Crippen molar-refractivity contribution in [2.45, 2.75) is 39.1 Å². The summed E-state index contributed by atoms with van der Waals surface area (Å²) in [7, 11) is -1.87. The van der Waals surface area contributed by atoms with Gasteiger partial charge < -0.3 is 0 Å². The van der Waals surface area contributed by atoms with Gasteiger partial charge in [-0.3, -0.25) is 14.1 Å². The predicted molar refractivity (Wildman–Crippen MR) is 76.1 cm³/mol. The molecule has 0 aliphatic heterocycles. The summed E-state index contributed by atoms with van der Waals surface area (Å²) in [6.07, 6.45) is 1.38. The van der Waals surface area contributed by atoms with Gasteiger partial charge >= 0.3 is 0 Å². The van der Waals surface area contributed by atoms with Crippen LogP contribution in [-0.4, -0.2) is 28.0 Å². The fourth-order valence-corrected chi connectivity index (χ4v) is 3.48. The first-order chi connectivity index (χ1) is 9.27. The van der Waals surface area contributed by atoms with Crippen LogP contribution >= 0.6 is 0 Å². The number of nitrogens with one attached hydrogen (secondary N) is 1. The molecule has 0 saturated heterocycles. The molecule has 0 radical (unpaired) electrons. The Kier molecular flexibility index (Phi) is 3.59. The van der Waals surface area contributed by atoms with Crippen LogP contribution in [0.1, 0.15) is 24.0 Å². The maximum Gasteiger partial charge on any atom is 0.265 e. The van der Waals surface area contributed by atoms with Gasteiger partial charge in [-0.15, -0.1) is 0 Å². The first-order valence-electron chi connectivity index (χ1n) is 6.33. The Morgan fingerprint density at radius 2 is 1.90 bits per heavy atom. The number of aromatic nitrogens is 4. The van der Waals surface area contributed by atoms with Gasteiger partial charge in [0.25, 0.3) is 10.0 Å². The lowest BCUT2D eigenvalue weighted by Crippen LogP contribution is -2.15. The molecule has 0 aliphatic rings. The summed E-state index contributed by atoms with van der Waals surface area (Å²) in [5.41, 5.74) is 2.57. The zero-order chi connectivity index (χ0) is 15.1. The highest BCUT2D eigenvalue weighted by Crippen LogP contribution is 2.24. The predicted octanol–water partition coefficient (Wildman–Crippen LogP) is 1.36. The van der Waals surface area contributed by atoms with Gasteiger partial charge in [0.05, 0.1) is 29.0 Å². The van der Waals surface area contributed by atoms with Crippen LogP contribution in [0, 0.1) is 20.8 Å². The number of nitrogens with zero attached hydrogens (tertiary/aromatic N) is 4. The minimum Gasteiger partial charge on any atom is -0.276 e. The van der Waals surface area contributed by atoms with Crippen molar-refractivity contribution in [1.29, 1.82) is 0 Å². The van der Waals surface area contributed by atoms with Gasteiger partial charge in [-0.2, -0.15) is 10.2 Å². The Hall–Kier alpha value is -1.83. The van der Waals surface area contributed by atoms with Crippen LogP contribution in [0.2, 0.25) is 0 Å². The van der Waals surface area contributed by atoms with Crippen molar-refractivity contribution in [3.8, 4) is 0 Å². The average molecular weight is 297 g/mol. The smallest absolute Gasteiger partial charge is 0.265 e. The highest BCUT2D eigenvalue weighted by Gasteiger charge is 2.23. The van der Waals surface area contributed by atoms with Crippen LogP contribution in [-0.2, 0) is 23.6 Å². The summed E-state index contributed by atoms with van der Waals surface area (Å²) < 4.78 is 30.8. The molecule has 2 aromatic rings. The quantitative estimate of drug-likeness (QED) is 0.924. The fraction of sp³-hybridized carbons (Fsp3) is 0.500. The van der Waals surface area contributed by atoms with Gasteiger partial charge in [-0.1, -0.05) is 0 Å². The lowest BCUT2D eigenvalue weighted by atomic mass is 10.3. The molecular weight excluding hydrogens is 278 g/mol. The van der Waals surface area contributed by atoms with Gasteiger partial charge in [-0.25, -0.2) is 8.42 Å². The van der Waals surface area contributed by atoms with Crippen LogP contribution in [0.5, 0.6) is 0 Å². The third kappa shape index (κ3) is 2.31. The lowest BCUT2D eigenvalue weighted by Gasteiger charge is -2.08. The van der Waals surface area contributed by atoms with Crippen molar-refractivity contribution < 1.29 is 8.42 Å². The van der Waals surface area contributed by atoms with Crippen molar-refractivity contribution in [2.75, 3.05) is 4.72 Å². The molecule has 0 spiro atoms. The van der Waals surface area contributed by atoms with E-state index in [1.807, 2.05) is 13.8 Å². The van der Waals surface area contributed by atoms with Crippen molar-refractivity contribution >= 4 is 15.7 Å². The summed E-state index contributed by atoms with van der Waals surface area (Å²) in [4.78, 5) is 0.196. The molecule has 0 fully saturated rings. The first kappa shape index (κ1) is 14.6. The monoisotopic (exact) mass is 297 g/mol. The number of aryl methyl sites for hydroxylation is 3. The molecule has 110 valence electrons. The summed E-state index contributed by atoms with van der Waals surface area (Å²) in [6.45, 7) is 7.88. The number of rotatable bonds is 4. The summed E-state index contributed by atoms with van der Waals surface area (Å²) >= 11 is 0. The largest absolute Gasteiger partial charge is 0.276 e. The molecule has 0 bridgehead atoms. The molecule has 1 N–H and O–H groups in total. The molecule has 8 heteroatoms. The Balaban J connectivity index is 2.43. The van der Waals surface area contributed by atoms with E-state index in [1.54, 1.807) is 30.3 Å². The molecule has 0 atom stereocenters. The number of hydrogen-bond donors (Lipinski definition) is 1. The van der Waals surface area contributed by atoms with E-state index < -0.39 is 10.0 Å². The minimum absolute atomic E-state index is 0.196. The average Bonchev–Trinajstić information content (AvgIpc) is 2.85. The maximum atomic E-state index is 12.5. The van der Waals surface area contributed by atoms with Gasteiger partial charge in [0.15, 0.2) is 0 Å². The van der Waals surface area contributed by atoms with Crippen molar-refractivity contribution in [1.82, 2.24) is 19.6 Å². The summed E-state index contributed by atoms with van der Waals surface area (Å²) in [5, 5.41) is 8.27. The van der Waals surface area contributed by atoms with Crippen LogP contribution in [0.25, 0.3) is 0 Å². The Morgan fingerprint density at radius 3 is 2.35 bits per heavy atom. The van der Waals surface area contributed by atoms with Crippen molar-refractivity contribution in [2.24, 2.45) is 7.05 Å². The Morgan fingerprint density at radius 1 is 1.25 bits per heavy atom. The minimum atomic E-state index is -3.65. The van der Waals surface area contributed by atoms with E-state index in [2.05, 4.69) is 14.9 Å². The molecule has 0 aromatic carbocycles. The van der Waals surface area contributed by atoms with E-state index in [4.69, 9.17) is 0 Å². The van der Waals surface area contributed by atoms with Crippen LogP contribution < -0.4 is 4.72 Å². The molecular formula is C12H19N5O2S. The van der Waals surface area contributed by atoms with Gasteiger partial charge in [0.2, 0.25) is 0 Å². The van der Waals surface area contributed by atoms with E-state index in [0.29, 0.717) is 23.6 Å². The molecule has 2 rings (SSSR count). The molecule has 2 aromatic heterocycles. The van der Waals surface area contributed by atoms with E-state index in [0.717, 1.165) is 5.69 Å². The highest BCUT2D eigenvalue weighted by atomic mass is 32.2. The number of anilines is 1. The zero-order valence-corrected chi connectivity index (χ0v) is 13.1. The molecule has 0 amide bonds. The normalized spacial score (nSPS) is 11.8. The Bertz CT molecular complexity index is 742. The molecule has 0 unspecified atom stereocenters. The molecule has 7 nitrogen and oxygen atoms in total. The SMILES string of the molecule is CCn1ncc(S(=O)(=O)Nc2c(C)nn(C)c2C)c1C. The van der Waals surface area contributed by atoms with E-state index in [-0.39, 0.29) is 4.90 Å². The summed E-state index contributed by atoms with van der Waals surface area (Å²) in [5.74, 6) is 0. The topological polar surface area (TPSA) is 81.8 Å².